The summed E-state index contributed by atoms with van der Waals surface area (Å²) >= 11 is 0. The summed E-state index contributed by atoms with van der Waals surface area (Å²) in [5, 5.41) is 7.24. The van der Waals surface area contributed by atoms with Crippen LogP contribution in [0.2, 0.25) is 0 Å². The minimum atomic E-state index is -0.436. The minimum absolute atomic E-state index is 0.252. The Balaban J connectivity index is 1.53. The van der Waals surface area contributed by atoms with Crippen LogP contribution < -0.4 is 10.2 Å². The fourth-order valence-electron chi connectivity index (χ4n) is 3.90. The van der Waals surface area contributed by atoms with Crippen molar-refractivity contribution in [1.29, 1.82) is 0 Å². The first kappa shape index (κ1) is 17.0. The average molecular weight is 356 g/mol. The van der Waals surface area contributed by atoms with Gasteiger partial charge in [0.05, 0.1) is 5.39 Å². The number of fused-ring (bicyclic) bond motifs is 1. The Morgan fingerprint density at radius 3 is 2.77 bits per heavy atom. The molecule has 0 aliphatic carbocycles. The Morgan fingerprint density at radius 2 is 2.04 bits per heavy atom. The second kappa shape index (κ2) is 7.07. The number of likely N-dealkylation sites (tertiary alicyclic amines) is 1. The molecule has 1 N–H and O–H groups in total. The lowest BCUT2D eigenvalue weighted by molar-refractivity contribution is -0.120. The number of hydrogen-bond acceptors (Lipinski definition) is 5. The van der Waals surface area contributed by atoms with Crippen molar-refractivity contribution in [3.8, 4) is 0 Å². The van der Waals surface area contributed by atoms with Crippen LogP contribution in [0.5, 0.6) is 0 Å². The maximum atomic E-state index is 12.1. The van der Waals surface area contributed by atoms with E-state index < -0.39 is 6.03 Å². The van der Waals surface area contributed by atoms with E-state index in [2.05, 4.69) is 34.4 Å². The van der Waals surface area contributed by atoms with Gasteiger partial charge >= 0.3 is 6.03 Å². The van der Waals surface area contributed by atoms with Gasteiger partial charge in [0.15, 0.2) is 11.4 Å². The topological polar surface area (TPSA) is 78.7 Å². The molecule has 138 valence electrons. The third-order valence-corrected chi connectivity index (χ3v) is 5.50. The molecule has 0 saturated carbocycles. The zero-order valence-electron chi connectivity index (χ0n) is 15.0. The highest BCUT2D eigenvalue weighted by Crippen LogP contribution is 2.30. The van der Waals surface area contributed by atoms with Gasteiger partial charge in [0.1, 0.15) is 0 Å². The quantitative estimate of drug-likeness (QED) is 0.911. The highest BCUT2D eigenvalue weighted by molar-refractivity contribution is 6.08. The lowest BCUT2D eigenvalue weighted by Crippen LogP contribution is -2.49. The monoisotopic (exact) mass is 356 g/mol. The summed E-state index contributed by atoms with van der Waals surface area (Å²) < 4.78 is 5.39. The number of carbonyl (C=O) groups is 2. The molecule has 0 bridgehead atoms. The lowest BCUT2D eigenvalue weighted by atomic mass is 9.90. The van der Waals surface area contributed by atoms with Crippen molar-refractivity contribution in [2.45, 2.75) is 32.6 Å². The molecule has 2 saturated heterocycles. The number of anilines is 1. The molecule has 2 aliphatic heterocycles. The molecule has 7 nitrogen and oxygen atoms in total. The largest absolute Gasteiger partial charge is 0.354 e. The Labute approximate surface area is 152 Å². The Hall–Kier alpha value is -2.41. The van der Waals surface area contributed by atoms with E-state index in [-0.39, 0.29) is 12.3 Å². The third-order valence-electron chi connectivity index (χ3n) is 5.50. The molecule has 0 radical (unpaired) electrons. The smallest absolute Gasteiger partial charge is 0.329 e. The minimum Gasteiger partial charge on any atom is -0.354 e. The summed E-state index contributed by atoms with van der Waals surface area (Å²) in [4.78, 5) is 27.5. The maximum absolute atomic E-state index is 12.1. The van der Waals surface area contributed by atoms with Crippen molar-refractivity contribution in [2.75, 3.05) is 31.1 Å². The van der Waals surface area contributed by atoms with E-state index in [0.717, 1.165) is 18.4 Å². The normalized spacial score (nSPS) is 20.0. The van der Waals surface area contributed by atoms with Gasteiger partial charge in [-0.15, -0.1) is 0 Å². The lowest BCUT2D eigenvalue weighted by Gasteiger charge is -2.31. The van der Waals surface area contributed by atoms with Gasteiger partial charge in [-0.05, 0) is 62.5 Å². The fourth-order valence-corrected chi connectivity index (χ4v) is 3.90. The van der Waals surface area contributed by atoms with E-state index in [9.17, 15) is 9.59 Å². The molecule has 2 aliphatic rings. The fraction of sp³-hybridized carbons (Fsp3) is 0.526. The summed E-state index contributed by atoms with van der Waals surface area (Å²) in [5.74, 6) is 0.931. The van der Waals surface area contributed by atoms with E-state index >= 15 is 0 Å². The zero-order chi connectivity index (χ0) is 18.1. The second-order valence-electron chi connectivity index (χ2n) is 7.17. The van der Waals surface area contributed by atoms with Crippen molar-refractivity contribution in [3.05, 3.63) is 23.8 Å². The van der Waals surface area contributed by atoms with E-state index in [4.69, 9.17) is 4.52 Å². The zero-order valence-corrected chi connectivity index (χ0v) is 15.0. The molecule has 0 atom stereocenters. The van der Waals surface area contributed by atoms with Crippen molar-refractivity contribution in [1.82, 2.24) is 15.4 Å². The van der Waals surface area contributed by atoms with Crippen LogP contribution in [-0.2, 0) is 11.2 Å². The van der Waals surface area contributed by atoms with Crippen LogP contribution in [0.25, 0.3) is 11.0 Å². The van der Waals surface area contributed by atoms with E-state index in [1.807, 2.05) is 6.07 Å². The average Bonchev–Trinajstić information content (AvgIpc) is 3.05. The van der Waals surface area contributed by atoms with Gasteiger partial charge in [0, 0.05) is 13.0 Å². The SMILES string of the molecule is CCN1CCC(Cc2ccc3onc(N4CCC(=O)NC4=O)c3c2)CC1. The molecule has 26 heavy (non-hydrogen) atoms. The van der Waals surface area contributed by atoms with Gasteiger partial charge in [-0.2, -0.15) is 0 Å². The summed E-state index contributed by atoms with van der Waals surface area (Å²) in [6, 6.07) is 5.66. The predicted molar refractivity (Wildman–Crippen MR) is 98.1 cm³/mol. The number of rotatable bonds is 4. The molecule has 3 amide bonds. The molecule has 0 unspecified atom stereocenters. The van der Waals surface area contributed by atoms with Gasteiger partial charge in [-0.1, -0.05) is 18.1 Å². The van der Waals surface area contributed by atoms with Crippen LogP contribution in [0.4, 0.5) is 10.6 Å². The first-order valence-corrected chi connectivity index (χ1v) is 9.36. The van der Waals surface area contributed by atoms with Gasteiger partial charge in [-0.3, -0.25) is 15.0 Å². The Kier molecular flexibility index (Phi) is 4.63. The number of hydrogen-bond donors (Lipinski definition) is 1. The van der Waals surface area contributed by atoms with Crippen LogP contribution in [-0.4, -0.2) is 48.2 Å². The highest BCUT2D eigenvalue weighted by atomic mass is 16.5. The predicted octanol–water partition coefficient (Wildman–Crippen LogP) is 2.55. The van der Waals surface area contributed by atoms with Gasteiger partial charge in [0.2, 0.25) is 5.91 Å². The van der Waals surface area contributed by atoms with Crippen LogP contribution >= 0.6 is 0 Å². The number of carbonyl (C=O) groups excluding carboxylic acids is 2. The number of aromatic nitrogens is 1. The van der Waals surface area contributed by atoms with Crippen molar-refractivity contribution in [2.24, 2.45) is 5.92 Å². The van der Waals surface area contributed by atoms with Crippen LogP contribution in [0.1, 0.15) is 31.7 Å². The number of urea groups is 1. The van der Waals surface area contributed by atoms with E-state index in [1.54, 1.807) is 0 Å². The maximum Gasteiger partial charge on any atom is 0.329 e. The summed E-state index contributed by atoms with van der Waals surface area (Å²) in [6.45, 7) is 6.01. The summed E-state index contributed by atoms with van der Waals surface area (Å²) in [6.07, 6.45) is 3.75. The molecule has 2 fully saturated rings. The third kappa shape index (κ3) is 3.31. The molecular formula is C19H24N4O3. The summed E-state index contributed by atoms with van der Waals surface area (Å²) in [5.41, 5.74) is 1.90. The van der Waals surface area contributed by atoms with Crippen LogP contribution in [0.15, 0.2) is 22.7 Å². The molecule has 2 aromatic rings. The number of imide groups is 1. The molecule has 1 aromatic heterocycles. The van der Waals surface area contributed by atoms with Crippen LogP contribution in [0, 0.1) is 5.92 Å². The summed E-state index contributed by atoms with van der Waals surface area (Å²) in [7, 11) is 0. The molecule has 3 heterocycles. The first-order valence-electron chi connectivity index (χ1n) is 9.36. The Bertz CT molecular complexity index is 823. The number of piperidine rings is 1. The van der Waals surface area contributed by atoms with Crippen molar-refractivity contribution < 1.29 is 14.1 Å². The highest BCUT2D eigenvalue weighted by Gasteiger charge is 2.28. The number of nitrogens with zero attached hydrogens (tertiary/aromatic N) is 3. The van der Waals surface area contributed by atoms with Crippen molar-refractivity contribution in [3.63, 3.8) is 0 Å². The molecular weight excluding hydrogens is 332 g/mol. The molecule has 0 spiro atoms. The second-order valence-corrected chi connectivity index (χ2v) is 7.17. The molecule has 4 rings (SSSR count). The van der Waals surface area contributed by atoms with Crippen LogP contribution in [0.3, 0.4) is 0 Å². The molecule has 7 heteroatoms. The number of amides is 3. The molecule has 1 aromatic carbocycles. The van der Waals surface area contributed by atoms with Gasteiger partial charge in [0.25, 0.3) is 0 Å². The first-order chi connectivity index (χ1) is 12.6. The van der Waals surface area contributed by atoms with Gasteiger partial charge < -0.3 is 9.42 Å². The van der Waals surface area contributed by atoms with E-state index in [1.165, 1.54) is 36.4 Å². The van der Waals surface area contributed by atoms with E-state index in [0.29, 0.717) is 23.9 Å². The Morgan fingerprint density at radius 1 is 1.23 bits per heavy atom. The number of nitrogens with one attached hydrogen (secondary N) is 1. The number of benzene rings is 1. The standard InChI is InChI=1S/C19H24N4O3/c1-2-22-8-5-13(6-9-22)11-14-3-4-16-15(12-14)18(21-26-16)23-10-7-17(24)20-19(23)25/h3-4,12-13H,2,5-11H2,1H3,(H,20,24,25). The van der Waals surface area contributed by atoms with Gasteiger partial charge in [-0.25, -0.2) is 4.79 Å². The van der Waals surface area contributed by atoms with Crippen molar-refractivity contribution >= 4 is 28.7 Å².